The maximum absolute atomic E-state index is 12.9. The Morgan fingerprint density at radius 1 is 1.30 bits per heavy atom. The van der Waals surface area contributed by atoms with Crippen LogP contribution in [0.4, 0.5) is 0 Å². The first-order valence-electron chi connectivity index (χ1n) is 7.95. The van der Waals surface area contributed by atoms with Gasteiger partial charge in [0.25, 0.3) is 0 Å². The second-order valence-corrected chi connectivity index (χ2v) is 8.27. The van der Waals surface area contributed by atoms with Gasteiger partial charge >= 0.3 is 0 Å². The summed E-state index contributed by atoms with van der Waals surface area (Å²) < 4.78 is 27.4. The van der Waals surface area contributed by atoms with Crippen LogP contribution in [-0.4, -0.2) is 29.2 Å². The van der Waals surface area contributed by atoms with Crippen LogP contribution in [0.2, 0.25) is 0 Å². The third-order valence-electron chi connectivity index (χ3n) is 4.45. The molecule has 3 rings (SSSR count). The van der Waals surface area contributed by atoms with Crippen molar-refractivity contribution < 1.29 is 8.42 Å². The summed E-state index contributed by atoms with van der Waals surface area (Å²) in [7, 11) is -3.36. The lowest BCUT2D eigenvalue weighted by atomic mass is 10.2. The van der Waals surface area contributed by atoms with E-state index in [1.165, 1.54) is 0 Å². The van der Waals surface area contributed by atoms with Crippen LogP contribution >= 0.6 is 0 Å². The van der Waals surface area contributed by atoms with Crippen molar-refractivity contribution in [3.63, 3.8) is 0 Å². The van der Waals surface area contributed by atoms with E-state index in [1.54, 1.807) is 4.31 Å². The molecule has 6 heteroatoms. The Hall–Kier alpha value is -1.66. The number of aromatic amines is 1. The lowest BCUT2D eigenvalue weighted by Crippen LogP contribution is -2.32. The Kier molecular flexibility index (Phi) is 4.29. The lowest BCUT2D eigenvalue weighted by molar-refractivity contribution is 0.384. The molecule has 2 aromatic rings. The molecule has 1 fully saturated rings. The molecule has 0 aliphatic carbocycles. The first-order valence-corrected chi connectivity index (χ1v) is 9.56. The van der Waals surface area contributed by atoms with Crippen molar-refractivity contribution in [2.24, 2.45) is 0 Å². The Morgan fingerprint density at radius 3 is 2.74 bits per heavy atom. The minimum atomic E-state index is -3.36. The normalized spacial score (nSPS) is 19.3. The van der Waals surface area contributed by atoms with Crippen molar-refractivity contribution in [1.29, 1.82) is 0 Å². The Balaban J connectivity index is 1.86. The van der Waals surface area contributed by atoms with Crippen molar-refractivity contribution in [3.8, 4) is 0 Å². The zero-order valence-corrected chi connectivity index (χ0v) is 14.7. The standard InChI is InChI=1S/C17H23N3O2S/c1-12-6-4-7-15(10-12)11-23(21,22)20-9-5-8-16(20)17-18-13(2)14(3)19-17/h4,6-7,10,16H,5,8-9,11H2,1-3H3,(H,18,19). The molecule has 124 valence electrons. The van der Waals surface area contributed by atoms with E-state index in [-0.39, 0.29) is 11.8 Å². The number of hydrogen-bond acceptors (Lipinski definition) is 3. The fraction of sp³-hybridized carbons (Fsp3) is 0.471. The van der Waals surface area contributed by atoms with Crippen LogP contribution in [0, 0.1) is 20.8 Å². The van der Waals surface area contributed by atoms with Gasteiger partial charge in [0.2, 0.25) is 10.0 Å². The molecule has 1 N–H and O–H groups in total. The van der Waals surface area contributed by atoms with Crippen LogP contribution in [0.15, 0.2) is 24.3 Å². The molecule has 1 atom stereocenters. The number of imidazole rings is 1. The molecule has 0 spiro atoms. The Morgan fingerprint density at radius 2 is 2.09 bits per heavy atom. The van der Waals surface area contributed by atoms with E-state index in [2.05, 4.69) is 9.97 Å². The molecule has 1 unspecified atom stereocenters. The second kappa shape index (κ2) is 6.09. The molecule has 2 heterocycles. The van der Waals surface area contributed by atoms with E-state index >= 15 is 0 Å². The highest BCUT2D eigenvalue weighted by molar-refractivity contribution is 7.88. The number of aromatic nitrogens is 2. The number of H-pyrrole nitrogens is 1. The van der Waals surface area contributed by atoms with Crippen molar-refractivity contribution in [1.82, 2.24) is 14.3 Å². The van der Waals surface area contributed by atoms with E-state index in [1.807, 2.05) is 45.0 Å². The highest BCUT2D eigenvalue weighted by Gasteiger charge is 2.36. The predicted molar refractivity (Wildman–Crippen MR) is 90.5 cm³/mol. The molecular formula is C17H23N3O2S. The zero-order chi connectivity index (χ0) is 16.6. The van der Waals surface area contributed by atoms with Crippen molar-refractivity contribution >= 4 is 10.0 Å². The fourth-order valence-electron chi connectivity index (χ4n) is 3.17. The van der Waals surface area contributed by atoms with E-state index in [0.717, 1.165) is 41.2 Å². The van der Waals surface area contributed by atoms with Gasteiger partial charge in [0.05, 0.1) is 17.5 Å². The molecule has 1 saturated heterocycles. The summed E-state index contributed by atoms with van der Waals surface area (Å²) in [6.45, 7) is 6.45. The van der Waals surface area contributed by atoms with Gasteiger partial charge < -0.3 is 4.98 Å². The summed E-state index contributed by atoms with van der Waals surface area (Å²) in [6.07, 6.45) is 1.69. The van der Waals surface area contributed by atoms with Gasteiger partial charge in [-0.2, -0.15) is 4.31 Å². The molecule has 0 saturated carbocycles. The van der Waals surface area contributed by atoms with E-state index < -0.39 is 10.0 Å². The molecule has 23 heavy (non-hydrogen) atoms. The van der Waals surface area contributed by atoms with Gasteiger partial charge in [0, 0.05) is 12.2 Å². The van der Waals surface area contributed by atoms with Gasteiger partial charge in [0.15, 0.2) is 0 Å². The third kappa shape index (κ3) is 3.33. The van der Waals surface area contributed by atoms with Gasteiger partial charge in [-0.3, -0.25) is 0 Å². The largest absolute Gasteiger partial charge is 0.345 e. The van der Waals surface area contributed by atoms with Crippen LogP contribution in [0.5, 0.6) is 0 Å². The molecule has 0 radical (unpaired) electrons. The summed E-state index contributed by atoms with van der Waals surface area (Å²) in [5, 5.41) is 0. The second-order valence-electron chi connectivity index (χ2n) is 6.35. The molecule has 5 nitrogen and oxygen atoms in total. The van der Waals surface area contributed by atoms with Crippen LogP contribution < -0.4 is 0 Å². The van der Waals surface area contributed by atoms with Crippen molar-refractivity contribution in [3.05, 3.63) is 52.6 Å². The molecular weight excluding hydrogens is 310 g/mol. The van der Waals surface area contributed by atoms with Crippen molar-refractivity contribution in [2.45, 2.75) is 45.4 Å². The first kappa shape index (κ1) is 16.2. The number of rotatable bonds is 4. The van der Waals surface area contributed by atoms with Gasteiger partial charge in [-0.15, -0.1) is 0 Å². The number of nitrogens with zero attached hydrogens (tertiary/aromatic N) is 2. The smallest absolute Gasteiger partial charge is 0.218 e. The van der Waals surface area contributed by atoms with Gasteiger partial charge in [-0.05, 0) is 39.2 Å². The predicted octanol–water partition coefficient (Wildman–Crippen LogP) is 3.00. The fourth-order valence-corrected chi connectivity index (χ4v) is 4.94. The first-order chi connectivity index (χ1) is 10.9. The number of nitrogens with one attached hydrogen (secondary N) is 1. The molecule has 0 amide bonds. The van der Waals surface area contributed by atoms with E-state index in [4.69, 9.17) is 0 Å². The minimum Gasteiger partial charge on any atom is -0.345 e. The lowest BCUT2D eigenvalue weighted by Gasteiger charge is -2.22. The summed E-state index contributed by atoms with van der Waals surface area (Å²) in [6, 6.07) is 7.52. The van der Waals surface area contributed by atoms with Gasteiger partial charge in [-0.1, -0.05) is 29.8 Å². The number of aryl methyl sites for hydroxylation is 3. The Bertz CT molecular complexity index is 791. The van der Waals surface area contributed by atoms with Crippen LogP contribution in [-0.2, 0) is 15.8 Å². The van der Waals surface area contributed by atoms with Crippen molar-refractivity contribution in [2.75, 3.05) is 6.54 Å². The number of sulfonamides is 1. The average Bonchev–Trinajstić information content (AvgIpc) is 3.06. The molecule has 1 aliphatic heterocycles. The summed E-state index contributed by atoms with van der Waals surface area (Å²) in [5.74, 6) is 0.814. The van der Waals surface area contributed by atoms with Crippen LogP contribution in [0.1, 0.15) is 47.2 Å². The molecule has 0 bridgehead atoms. The highest BCUT2D eigenvalue weighted by atomic mass is 32.2. The molecule has 1 aromatic carbocycles. The zero-order valence-electron chi connectivity index (χ0n) is 13.8. The SMILES string of the molecule is Cc1cccc(CS(=O)(=O)N2CCCC2c2nc(C)c(C)[nH]2)c1. The van der Waals surface area contributed by atoms with Crippen LogP contribution in [0.25, 0.3) is 0 Å². The Labute approximate surface area is 137 Å². The van der Waals surface area contributed by atoms with Gasteiger partial charge in [0.1, 0.15) is 5.82 Å². The number of hydrogen-bond donors (Lipinski definition) is 1. The topological polar surface area (TPSA) is 66.1 Å². The average molecular weight is 333 g/mol. The van der Waals surface area contributed by atoms with E-state index in [9.17, 15) is 8.42 Å². The molecule has 1 aromatic heterocycles. The van der Waals surface area contributed by atoms with Gasteiger partial charge in [-0.25, -0.2) is 13.4 Å². The highest BCUT2D eigenvalue weighted by Crippen LogP contribution is 2.34. The van der Waals surface area contributed by atoms with Crippen LogP contribution in [0.3, 0.4) is 0 Å². The summed E-state index contributed by atoms with van der Waals surface area (Å²) in [4.78, 5) is 7.76. The van der Waals surface area contributed by atoms with E-state index in [0.29, 0.717) is 6.54 Å². The number of benzene rings is 1. The quantitative estimate of drug-likeness (QED) is 0.935. The summed E-state index contributed by atoms with van der Waals surface area (Å²) >= 11 is 0. The maximum Gasteiger partial charge on any atom is 0.218 e. The minimum absolute atomic E-state index is 0.0455. The molecule has 1 aliphatic rings. The summed E-state index contributed by atoms with van der Waals surface area (Å²) in [5.41, 5.74) is 3.85. The third-order valence-corrected chi connectivity index (χ3v) is 6.30. The maximum atomic E-state index is 12.9. The monoisotopic (exact) mass is 333 g/mol.